The predicted octanol–water partition coefficient (Wildman–Crippen LogP) is 3.36. The highest BCUT2D eigenvalue weighted by atomic mass is 16.3. The molecule has 0 aliphatic heterocycles. The van der Waals surface area contributed by atoms with Gasteiger partial charge in [-0.1, -0.05) is 27.7 Å². The van der Waals surface area contributed by atoms with E-state index in [1.54, 1.807) is 0 Å². The molecule has 0 bridgehead atoms. The van der Waals surface area contributed by atoms with E-state index in [9.17, 15) is 0 Å². The van der Waals surface area contributed by atoms with Crippen LogP contribution in [-0.4, -0.2) is 7.05 Å². The van der Waals surface area contributed by atoms with Gasteiger partial charge in [0.25, 0.3) is 0 Å². The molecule has 0 radical (unpaired) electrons. The second kappa shape index (κ2) is 11.2. The van der Waals surface area contributed by atoms with Crippen LogP contribution in [0.4, 0.5) is 0 Å². The van der Waals surface area contributed by atoms with Crippen LogP contribution in [0.2, 0.25) is 0 Å². The van der Waals surface area contributed by atoms with Crippen molar-refractivity contribution in [3.8, 4) is 0 Å². The van der Waals surface area contributed by atoms with Crippen molar-refractivity contribution in [3.63, 3.8) is 0 Å². The molecular weight excluding hydrogens is 162 g/mol. The Balaban J connectivity index is 0. The van der Waals surface area contributed by atoms with Crippen LogP contribution in [0.5, 0.6) is 0 Å². The van der Waals surface area contributed by atoms with Crippen LogP contribution in [0.3, 0.4) is 0 Å². The van der Waals surface area contributed by atoms with Crippen LogP contribution in [0.15, 0.2) is 16.5 Å². The van der Waals surface area contributed by atoms with E-state index >= 15 is 0 Å². The zero-order valence-electron chi connectivity index (χ0n) is 9.77. The molecule has 1 aromatic heterocycles. The van der Waals surface area contributed by atoms with Crippen LogP contribution >= 0.6 is 0 Å². The molecule has 0 aliphatic carbocycles. The van der Waals surface area contributed by atoms with Crippen molar-refractivity contribution in [3.05, 3.63) is 23.7 Å². The number of nitrogens with one attached hydrogen (secondary N) is 1. The van der Waals surface area contributed by atoms with Gasteiger partial charge in [-0.25, -0.2) is 0 Å². The third kappa shape index (κ3) is 7.60. The van der Waals surface area contributed by atoms with Crippen LogP contribution in [-0.2, 0) is 6.54 Å². The summed E-state index contributed by atoms with van der Waals surface area (Å²) in [6.45, 7) is 10.8. The first-order chi connectivity index (χ1) is 6.33. The first-order valence-corrected chi connectivity index (χ1v) is 5.03. The van der Waals surface area contributed by atoms with E-state index in [-0.39, 0.29) is 0 Å². The fourth-order valence-corrected chi connectivity index (χ4v) is 0.754. The van der Waals surface area contributed by atoms with E-state index in [1.165, 1.54) is 0 Å². The van der Waals surface area contributed by atoms with E-state index in [0.717, 1.165) is 18.1 Å². The van der Waals surface area contributed by atoms with E-state index in [0.29, 0.717) is 0 Å². The maximum absolute atomic E-state index is 5.26. The molecule has 0 saturated heterocycles. The lowest BCUT2D eigenvalue weighted by Crippen LogP contribution is -2.03. The highest BCUT2D eigenvalue weighted by molar-refractivity contribution is 5.04. The monoisotopic (exact) mass is 185 g/mol. The Kier molecular flexibility index (Phi) is 12.8. The molecule has 1 heterocycles. The van der Waals surface area contributed by atoms with Crippen molar-refractivity contribution in [1.82, 2.24) is 5.32 Å². The second-order valence-corrected chi connectivity index (χ2v) is 2.04. The first kappa shape index (κ1) is 14.7. The fraction of sp³-hybridized carbons (Fsp3) is 0.636. The largest absolute Gasteiger partial charge is 0.465 e. The summed E-state index contributed by atoms with van der Waals surface area (Å²) in [4.78, 5) is 0. The lowest BCUT2D eigenvalue weighted by atomic mass is 10.4. The Labute approximate surface area is 82.3 Å². The number of furan rings is 1. The number of hydrogen-bond donors (Lipinski definition) is 1. The summed E-state index contributed by atoms with van der Waals surface area (Å²) in [5, 5.41) is 3.00. The fourth-order valence-electron chi connectivity index (χ4n) is 0.754. The van der Waals surface area contributed by atoms with Gasteiger partial charge in [0, 0.05) is 0 Å². The zero-order valence-corrected chi connectivity index (χ0v) is 9.77. The van der Waals surface area contributed by atoms with Gasteiger partial charge >= 0.3 is 0 Å². The molecule has 1 rings (SSSR count). The molecule has 0 unspecified atom stereocenters. The van der Waals surface area contributed by atoms with Gasteiger partial charge in [-0.05, 0) is 26.1 Å². The summed E-state index contributed by atoms with van der Waals surface area (Å²) in [6, 6.07) is 3.94. The predicted molar refractivity (Wildman–Crippen MR) is 58.9 cm³/mol. The molecule has 1 N–H and O–H groups in total. The minimum absolute atomic E-state index is 0.813. The van der Waals surface area contributed by atoms with Crippen molar-refractivity contribution in [2.24, 2.45) is 0 Å². The molecule has 1 aromatic rings. The van der Waals surface area contributed by atoms with Crippen molar-refractivity contribution in [2.75, 3.05) is 7.05 Å². The number of aryl methyl sites for hydroxylation is 1. The highest BCUT2D eigenvalue weighted by Crippen LogP contribution is 2.04. The third-order valence-electron chi connectivity index (χ3n) is 1.15. The van der Waals surface area contributed by atoms with Crippen LogP contribution in [0.25, 0.3) is 0 Å². The zero-order chi connectivity index (χ0) is 10.7. The SMILES string of the molecule is CC.CC.CNCc1ccc(C)o1. The molecule has 2 nitrogen and oxygen atoms in total. The number of hydrogen-bond acceptors (Lipinski definition) is 2. The molecule has 0 fully saturated rings. The van der Waals surface area contributed by atoms with Gasteiger partial charge in [-0.15, -0.1) is 0 Å². The minimum Gasteiger partial charge on any atom is -0.465 e. The standard InChI is InChI=1S/C7H11NO.2C2H6/c1-6-3-4-7(9-6)5-8-2;2*1-2/h3-4,8H,5H2,1-2H3;2*1-2H3. The summed E-state index contributed by atoms with van der Waals surface area (Å²) < 4.78 is 5.26. The quantitative estimate of drug-likeness (QED) is 0.764. The van der Waals surface area contributed by atoms with Gasteiger partial charge < -0.3 is 9.73 Å². The molecule has 0 spiro atoms. The Morgan fingerprint density at radius 2 is 1.69 bits per heavy atom. The summed E-state index contributed by atoms with van der Waals surface area (Å²) in [7, 11) is 1.90. The van der Waals surface area contributed by atoms with Gasteiger partial charge in [-0.3, -0.25) is 0 Å². The normalized spacial score (nSPS) is 7.85. The third-order valence-corrected chi connectivity index (χ3v) is 1.15. The van der Waals surface area contributed by atoms with Crippen LogP contribution in [0, 0.1) is 6.92 Å². The summed E-state index contributed by atoms with van der Waals surface area (Å²) in [6.07, 6.45) is 0. The molecule has 0 saturated carbocycles. The lowest BCUT2D eigenvalue weighted by molar-refractivity contribution is 0.471. The van der Waals surface area contributed by atoms with E-state index in [1.807, 2.05) is 53.8 Å². The number of rotatable bonds is 2. The Hall–Kier alpha value is -0.760. The first-order valence-electron chi connectivity index (χ1n) is 5.03. The Morgan fingerprint density at radius 3 is 2.00 bits per heavy atom. The van der Waals surface area contributed by atoms with Gasteiger partial charge in [0.15, 0.2) is 0 Å². The average molecular weight is 185 g/mol. The van der Waals surface area contributed by atoms with E-state index < -0.39 is 0 Å². The Bertz CT molecular complexity index is 182. The van der Waals surface area contributed by atoms with Crippen molar-refractivity contribution in [2.45, 2.75) is 41.2 Å². The Morgan fingerprint density at radius 1 is 1.15 bits per heavy atom. The average Bonchev–Trinajstić information content (AvgIpc) is 2.59. The molecule has 0 amide bonds. The lowest BCUT2D eigenvalue weighted by Gasteiger charge is -1.90. The molecule has 13 heavy (non-hydrogen) atoms. The summed E-state index contributed by atoms with van der Waals surface area (Å²) >= 11 is 0. The maximum atomic E-state index is 5.26. The van der Waals surface area contributed by atoms with Crippen molar-refractivity contribution < 1.29 is 4.42 Å². The molecule has 0 atom stereocenters. The topological polar surface area (TPSA) is 25.2 Å². The summed E-state index contributed by atoms with van der Waals surface area (Å²) in [5.74, 6) is 1.97. The second-order valence-electron chi connectivity index (χ2n) is 2.04. The highest BCUT2D eigenvalue weighted by Gasteiger charge is 1.93. The van der Waals surface area contributed by atoms with Gasteiger partial charge in [0.05, 0.1) is 6.54 Å². The van der Waals surface area contributed by atoms with E-state index in [4.69, 9.17) is 4.42 Å². The maximum Gasteiger partial charge on any atom is 0.117 e. The van der Waals surface area contributed by atoms with Gasteiger partial charge in [0.2, 0.25) is 0 Å². The van der Waals surface area contributed by atoms with Crippen molar-refractivity contribution in [1.29, 1.82) is 0 Å². The molecule has 78 valence electrons. The molecule has 2 heteroatoms. The molecule has 0 aliphatic rings. The molecule has 0 aromatic carbocycles. The van der Waals surface area contributed by atoms with Gasteiger partial charge in [-0.2, -0.15) is 0 Å². The van der Waals surface area contributed by atoms with Crippen LogP contribution < -0.4 is 5.32 Å². The van der Waals surface area contributed by atoms with Gasteiger partial charge in [0.1, 0.15) is 11.5 Å². The smallest absolute Gasteiger partial charge is 0.117 e. The molecular formula is C11H23NO. The van der Waals surface area contributed by atoms with E-state index in [2.05, 4.69) is 5.32 Å². The minimum atomic E-state index is 0.813. The van der Waals surface area contributed by atoms with Crippen molar-refractivity contribution >= 4 is 0 Å². The van der Waals surface area contributed by atoms with Crippen LogP contribution in [0.1, 0.15) is 39.2 Å². The summed E-state index contributed by atoms with van der Waals surface area (Å²) in [5.41, 5.74) is 0.